The van der Waals surface area contributed by atoms with Crippen LogP contribution in [-0.4, -0.2) is 20.1 Å². The quantitative estimate of drug-likeness (QED) is 0.799. The SMILES string of the molecule is OC(c1ccc(Br)s1)c1cnnn1-c1ccccc1. The summed E-state index contributed by atoms with van der Waals surface area (Å²) in [5, 5.41) is 18.4. The molecule has 0 fully saturated rings. The van der Waals surface area contributed by atoms with Crippen LogP contribution >= 0.6 is 27.3 Å². The van der Waals surface area contributed by atoms with Gasteiger partial charge in [-0.2, -0.15) is 0 Å². The Hall–Kier alpha value is -1.50. The van der Waals surface area contributed by atoms with Crippen LogP contribution in [0.4, 0.5) is 0 Å². The number of benzene rings is 1. The van der Waals surface area contributed by atoms with Crippen molar-refractivity contribution in [1.82, 2.24) is 15.0 Å². The second kappa shape index (κ2) is 5.24. The van der Waals surface area contributed by atoms with E-state index < -0.39 is 6.10 Å². The second-order valence-electron chi connectivity index (χ2n) is 3.95. The Morgan fingerprint density at radius 3 is 2.63 bits per heavy atom. The Balaban J connectivity index is 2.01. The Morgan fingerprint density at radius 1 is 1.16 bits per heavy atom. The molecule has 0 aliphatic heterocycles. The van der Waals surface area contributed by atoms with Gasteiger partial charge in [-0.1, -0.05) is 23.4 Å². The molecule has 1 aromatic carbocycles. The maximum absolute atomic E-state index is 10.4. The summed E-state index contributed by atoms with van der Waals surface area (Å²) in [6.07, 6.45) is 0.858. The molecule has 96 valence electrons. The summed E-state index contributed by atoms with van der Waals surface area (Å²) in [4.78, 5) is 0.853. The van der Waals surface area contributed by atoms with Gasteiger partial charge in [0.1, 0.15) is 6.10 Å². The lowest BCUT2D eigenvalue weighted by atomic mass is 10.2. The van der Waals surface area contributed by atoms with Crippen molar-refractivity contribution in [2.24, 2.45) is 0 Å². The van der Waals surface area contributed by atoms with Crippen molar-refractivity contribution < 1.29 is 5.11 Å². The first-order valence-electron chi connectivity index (χ1n) is 5.65. The molecule has 1 unspecified atom stereocenters. The molecule has 3 aromatic rings. The van der Waals surface area contributed by atoms with Crippen LogP contribution in [-0.2, 0) is 0 Å². The van der Waals surface area contributed by atoms with Gasteiger partial charge in [0.05, 0.1) is 21.4 Å². The number of aromatic nitrogens is 3. The van der Waals surface area contributed by atoms with Crippen LogP contribution in [0.15, 0.2) is 52.4 Å². The van der Waals surface area contributed by atoms with Crippen LogP contribution in [0.5, 0.6) is 0 Å². The highest BCUT2D eigenvalue weighted by atomic mass is 79.9. The monoisotopic (exact) mass is 335 g/mol. The first-order valence-corrected chi connectivity index (χ1v) is 7.26. The number of hydrogen-bond donors (Lipinski definition) is 1. The Kier molecular flexibility index (Phi) is 3.46. The third-order valence-electron chi connectivity index (χ3n) is 2.72. The van der Waals surface area contributed by atoms with Gasteiger partial charge in [-0.3, -0.25) is 0 Å². The first-order chi connectivity index (χ1) is 9.25. The molecule has 0 amide bonds. The van der Waals surface area contributed by atoms with E-state index in [1.54, 1.807) is 10.9 Å². The Labute approximate surface area is 122 Å². The smallest absolute Gasteiger partial charge is 0.132 e. The molecular weight excluding hydrogens is 326 g/mol. The first kappa shape index (κ1) is 12.5. The molecule has 1 N–H and O–H groups in total. The van der Waals surface area contributed by atoms with E-state index in [0.717, 1.165) is 14.4 Å². The van der Waals surface area contributed by atoms with Crippen molar-refractivity contribution in [1.29, 1.82) is 0 Å². The molecule has 0 aliphatic rings. The van der Waals surface area contributed by atoms with Crippen LogP contribution in [0, 0.1) is 0 Å². The summed E-state index contributed by atoms with van der Waals surface area (Å²) < 4.78 is 2.64. The van der Waals surface area contributed by atoms with Crippen molar-refractivity contribution in [3.8, 4) is 5.69 Å². The summed E-state index contributed by atoms with van der Waals surface area (Å²) in [6.45, 7) is 0. The summed E-state index contributed by atoms with van der Waals surface area (Å²) >= 11 is 4.89. The van der Waals surface area contributed by atoms with E-state index in [-0.39, 0.29) is 0 Å². The zero-order chi connectivity index (χ0) is 13.2. The van der Waals surface area contributed by atoms with E-state index in [9.17, 15) is 5.11 Å². The zero-order valence-electron chi connectivity index (χ0n) is 9.77. The molecule has 3 rings (SSSR count). The fourth-order valence-electron chi connectivity index (χ4n) is 1.82. The van der Waals surface area contributed by atoms with E-state index in [4.69, 9.17) is 0 Å². The van der Waals surface area contributed by atoms with Crippen LogP contribution in [0.3, 0.4) is 0 Å². The lowest BCUT2D eigenvalue weighted by molar-refractivity contribution is 0.216. The van der Waals surface area contributed by atoms with Gasteiger partial charge < -0.3 is 5.11 Å². The summed E-state index contributed by atoms with van der Waals surface area (Å²) in [7, 11) is 0. The predicted octanol–water partition coefficient (Wildman–Crippen LogP) is 3.17. The van der Waals surface area contributed by atoms with E-state index >= 15 is 0 Å². The lowest BCUT2D eigenvalue weighted by Crippen LogP contribution is -2.07. The molecule has 1 atom stereocenters. The number of aliphatic hydroxyl groups excluding tert-OH is 1. The molecule has 4 nitrogen and oxygen atoms in total. The van der Waals surface area contributed by atoms with Crippen molar-refractivity contribution in [3.63, 3.8) is 0 Å². The molecule has 0 spiro atoms. The van der Waals surface area contributed by atoms with Gasteiger partial charge in [0.2, 0.25) is 0 Å². The number of nitrogens with zero attached hydrogens (tertiary/aromatic N) is 3. The summed E-state index contributed by atoms with van der Waals surface area (Å²) in [5.74, 6) is 0. The van der Waals surface area contributed by atoms with Crippen LogP contribution in [0.1, 0.15) is 16.7 Å². The van der Waals surface area contributed by atoms with E-state index in [0.29, 0.717) is 5.69 Å². The minimum Gasteiger partial charge on any atom is -0.381 e. The van der Waals surface area contributed by atoms with E-state index in [1.807, 2.05) is 42.5 Å². The third kappa shape index (κ3) is 2.47. The molecule has 2 heterocycles. The van der Waals surface area contributed by atoms with Gasteiger partial charge in [0.25, 0.3) is 0 Å². The highest BCUT2D eigenvalue weighted by molar-refractivity contribution is 9.11. The molecule has 0 bridgehead atoms. The van der Waals surface area contributed by atoms with Gasteiger partial charge in [-0.15, -0.1) is 16.4 Å². The van der Waals surface area contributed by atoms with Crippen LogP contribution in [0.25, 0.3) is 5.69 Å². The fourth-order valence-corrected chi connectivity index (χ4v) is 3.24. The predicted molar refractivity (Wildman–Crippen MR) is 77.4 cm³/mol. The van der Waals surface area contributed by atoms with Crippen molar-refractivity contribution >= 4 is 27.3 Å². The summed E-state index contributed by atoms with van der Waals surface area (Å²) in [6, 6.07) is 13.4. The van der Waals surface area contributed by atoms with Gasteiger partial charge >= 0.3 is 0 Å². The highest BCUT2D eigenvalue weighted by Gasteiger charge is 2.18. The van der Waals surface area contributed by atoms with Gasteiger partial charge in [-0.25, -0.2) is 4.68 Å². The van der Waals surface area contributed by atoms with E-state index in [2.05, 4.69) is 26.2 Å². The van der Waals surface area contributed by atoms with Crippen molar-refractivity contribution in [3.05, 3.63) is 63.0 Å². The maximum atomic E-state index is 10.4. The van der Waals surface area contributed by atoms with Gasteiger partial charge in [0.15, 0.2) is 0 Å². The number of halogens is 1. The highest BCUT2D eigenvalue weighted by Crippen LogP contribution is 2.31. The van der Waals surface area contributed by atoms with Crippen LogP contribution < -0.4 is 0 Å². The largest absolute Gasteiger partial charge is 0.381 e. The number of rotatable bonds is 3. The minimum atomic E-state index is -0.730. The number of hydrogen-bond acceptors (Lipinski definition) is 4. The molecule has 19 heavy (non-hydrogen) atoms. The minimum absolute atomic E-state index is 0.653. The second-order valence-corrected chi connectivity index (χ2v) is 6.45. The van der Waals surface area contributed by atoms with Gasteiger partial charge in [-0.05, 0) is 40.2 Å². The van der Waals surface area contributed by atoms with Crippen molar-refractivity contribution in [2.45, 2.75) is 6.10 Å². The Bertz CT molecular complexity index is 680. The third-order valence-corrected chi connectivity index (χ3v) is 4.40. The number of aliphatic hydroxyl groups is 1. The molecule has 2 aromatic heterocycles. The molecule has 0 saturated heterocycles. The fraction of sp³-hybridized carbons (Fsp3) is 0.0769. The molecule has 0 radical (unpaired) electrons. The number of thiophene rings is 1. The van der Waals surface area contributed by atoms with Crippen molar-refractivity contribution in [2.75, 3.05) is 0 Å². The zero-order valence-corrected chi connectivity index (χ0v) is 12.2. The summed E-state index contributed by atoms with van der Waals surface area (Å²) in [5.41, 5.74) is 1.53. The normalized spacial score (nSPS) is 12.5. The topological polar surface area (TPSA) is 50.9 Å². The average Bonchev–Trinajstić information content (AvgIpc) is 3.07. The lowest BCUT2D eigenvalue weighted by Gasteiger charge is -2.10. The average molecular weight is 336 g/mol. The molecule has 0 saturated carbocycles. The molecule has 6 heteroatoms. The van der Waals surface area contributed by atoms with Crippen LogP contribution in [0.2, 0.25) is 0 Å². The Morgan fingerprint density at radius 2 is 1.95 bits per heavy atom. The van der Waals surface area contributed by atoms with Gasteiger partial charge in [0, 0.05) is 4.88 Å². The maximum Gasteiger partial charge on any atom is 0.132 e. The number of para-hydroxylation sites is 1. The standard InChI is InChI=1S/C13H10BrN3OS/c14-12-7-6-11(19-12)13(18)10-8-15-16-17(10)9-4-2-1-3-5-9/h1-8,13,18H. The molecular formula is C13H10BrN3OS. The molecule has 0 aliphatic carbocycles. The van der Waals surface area contributed by atoms with E-state index in [1.165, 1.54) is 11.3 Å².